The molecule has 1 atom stereocenters. The Bertz CT molecular complexity index is 511. The number of carbonyl (C=O) groups excluding carboxylic acids is 1. The van der Waals surface area contributed by atoms with Crippen LogP contribution < -0.4 is 0 Å². The Hall–Kier alpha value is -1.20. The molecule has 1 rings (SSSR count). The van der Waals surface area contributed by atoms with Crippen LogP contribution in [0.3, 0.4) is 0 Å². The number of rotatable bonds is 7. The Labute approximate surface area is 115 Å². The van der Waals surface area contributed by atoms with Crippen molar-refractivity contribution < 1.29 is 13.2 Å². The van der Waals surface area contributed by atoms with Crippen molar-refractivity contribution in [2.24, 2.45) is 0 Å². The van der Waals surface area contributed by atoms with Crippen molar-refractivity contribution in [3.63, 3.8) is 0 Å². The van der Waals surface area contributed by atoms with Crippen molar-refractivity contribution >= 4 is 15.8 Å². The van der Waals surface area contributed by atoms with E-state index in [-0.39, 0.29) is 11.5 Å². The van der Waals surface area contributed by atoms with Gasteiger partial charge in [0.1, 0.15) is 0 Å². The number of likely N-dealkylation sites (N-methyl/N-ethyl adjacent to an activating group) is 1. The maximum Gasteiger partial charge on any atom is 0.214 e. The van der Waals surface area contributed by atoms with E-state index in [4.69, 9.17) is 0 Å². The molecule has 0 aliphatic rings. The van der Waals surface area contributed by atoms with Crippen molar-refractivity contribution in [2.45, 2.75) is 33.2 Å². The molecule has 0 aromatic heterocycles. The van der Waals surface area contributed by atoms with Crippen LogP contribution in [-0.2, 0) is 10.0 Å². The largest absolute Gasteiger partial charge is 0.292 e. The fourth-order valence-electron chi connectivity index (χ4n) is 2.06. The maximum atomic E-state index is 12.3. The standard InChI is InChI=1S/C14H21NO3S/c1-4-11-19(17,18)15(5-2)12(3)14(16)13-9-7-6-8-10-13/h6-10,12H,4-5,11H2,1-3H3/t12-/m1/s1. The molecular formula is C14H21NO3S. The molecule has 1 aromatic carbocycles. The van der Waals surface area contributed by atoms with Gasteiger partial charge in [-0.3, -0.25) is 4.79 Å². The summed E-state index contributed by atoms with van der Waals surface area (Å²) in [6.45, 7) is 5.52. The molecule has 19 heavy (non-hydrogen) atoms. The molecule has 0 N–H and O–H groups in total. The summed E-state index contributed by atoms with van der Waals surface area (Å²) < 4.78 is 25.5. The maximum absolute atomic E-state index is 12.3. The average Bonchev–Trinajstić information content (AvgIpc) is 2.39. The molecular weight excluding hydrogens is 262 g/mol. The van der Waals surface area contributed by atoms with Crippen molar-refractivity contribution in [2.75, 3.05) is 12.3 Å². The van der Waals surface area contributed by atoms with Crippen LogP contribution in [0.2, 0.25) is 0 Å². The lowest BCUT2D eigenvalue weighted by Gasteiger charge is -2.26. The topological polar surface area (TPSA) is 54.5 Å². The third-order valence-corrected chi connectivity index (χ3v) is 5.21. The lowest BCUT2D eigenvalue weighted by molar-refractivity contribution is 0.0910. The molecule has 0 aliphatic heterocycles. The number of nitrogens with zero attached hydrogens (tertiary/aromatic N) is 1. The highest BCUT2D eigenvalue weighted by atomic mass is 32.2. The van der Waals surface area contributed by atoms with Crippen LogP contribution in [-0.4, -0.2) is 36.8 Å². The monoisotopic (exact) mass is 283 g/mol. The minimum atomic E-state index is -3.36. The SMILES string of the molecule is CCCS(=O)(=O)N(CC)[C@H](C)C(=O)c1ccccc1. The van der Waals surface area contributed by atoms with Gasteiger partial charge in [-0.2, -0.15) is 4.31 Å². The Morgan fingerprint density at radius 3 is 2.26 bits per heavy atom. The zero-order chi connectivity index (χ0) is 14.5. The minimum absolute atomic E-state index is 0.0766. The van der Waals surface area contributed by atoms with Crippen LogP contribution >= 0.6 is 0 Å². The second kappa shape index (κ2) is 6.82. The highest BCUT2D eigenvalue weighted by Crippen LogP contribution is 2.14. The average molecular weight is 283 g/mol. The Morgan fingerprint density at radius 2 is 1.79 bits per heavy atom. The van der Waals surface area contributed by atoms with Crippen molar-refractivity contribution in [3.05, 3.63) is 35.9 Å². The second-order valence-corrected chi connectivity index (χ2v) is 6.47. The van der Waals surface area contributed by atoms with Crippen molar-refractivity contribution in [1.29, 1.82) is 0 Å². The van der Waals surface area contributed by atoms with Crippen molar-refractivity contribution in [1.82, 2.24) is 4.31 Å². The van der Waals surface area contributed by atoms with Gasteiger partial charge in [0, 0.05) is 12.1 Å². The van der Waals surface area contributed by atoms with E-state index in [9.17, 15) is 13.2 Å². The number of sulfonamides is 1. The van der Waals surface area contributed by atoms with E-state index >= 15 is 0 Å². The van der Waals surface area contributed by atoms with E-state index in [1.165, 1.54) is 4.31 Å². The van der Waals surface area contributed by atoms with Gasteiger partial charge in [-0.25, -0.2) is 8.42 Å². The minimum Gasteiger partial charge on any atom is -0.292 e. The summed E-state index contributed by atoms with van der Waals surface area (Å²) in [5, 5.41) is 0. The molecule has 0 heterocycles. The molecule has 0 unspecified atom stereocenters. The smallest absolute Gasteiger partial charge is 0.214 e. The van der Waals surface area contributed by atoms with Gasteiger partial charge in [0.2, 0.25) is 10.0 Å². The Kier molecular flexibility index (Phi) is 5.69. The van der Waals surface area contributed by atoms with Gasteiger partial charge in [-0.1, -0.05) is 44.2 Å². The highest BCUT2D eigenvalue weighted by molar-refractivity contribution is 7.89. The lowest BCUT2D eigenvalue weighted by atomic mass is 10.1. The first-order chi connectivity index (χ1) is 8.94. The third kappa shape index (κ3) is 3.88. The van der Waals surface area contributed by atoms with Gasteiger partial charge in [0.25, 0.3) is 0 Å². The molecule has 0 fully saturated rings. The molecule has 4 nitrogen and oxygen atoms in total. The van der Waals surface area contributed by atoms with E-state index in [0.717, 1.165) is 0 Å². The number of carbonyl (C=O) groups is 1. The van der Waals surface area contributed by atoms with Crippen LogP contribution in [0.25, 0.3) is 0 Å². The number of ketones is 1. The van der Waals surface area contributed by atoms with Crippen LogP contribution in [0.5, 0.6) is 0 Å². The summed E-state index contributed by atoms with van der Waals surface area (Å²) in [6.07, 6.45) is 0.547. The molecule has 1 aromatic rings. The molecule has 0 saturated heterocycles. The summed E-state index contributed by atoms with van der Waals surface area (Å²) in [6, 6.07) is 8.13. The number of hydrogen-bond acceptors (Lipinski definition) is 3. The van der Waals surface area contributed by atoms with E-state index < -0.39 is 16.1 Å². The summed E-state index contributed by atoms with van der Waals surface area (Å²) in [5.74, 6) is -0.0881. The first-order valence-electron chi connectivity index (χ1n) is 6.52. The molecule has 0 aliphatic carbocycles. The predicted molar refractivity (Wildman–Crippen MR) is 76.7 cm³/mol. The molecule has 0 saturated carbocycles. The Morgan fingerprint density at radius 1 is 1.21 bits per heavy atom. The van der Waals surface area contributed by atoms with Gasteiger partial charge >= 0.3 is 0 Å². The molecule has 0 amide bonds. The normalized spacial score (nSPS) is 13.5. The predicted octanol–water partition coefficient (Wildman–Crippen LogP) is 2.32. The summed E-state index contributed by atoms with van der Waals surface area (Å²) in [5.41, 5.74) is 0.542. The fraction of sp³-hybridized carbons (Fsp3) is 0.500. The number of Topliss-reactive ketones (excluding diaryl/α,β-unsaturated/α-hetero) is 1. The lowest BCUT2D eigenvalue weighted by Crippen LogP contribution is -2.44. The van der Waals surface area contributed by atoms with Gasteiger partial charge < -0.3 is 0 Å². The molecule has 0 bridgehead atoms. The van der Waals surface area contributed by atoms with E-state index in [2.05, 4.69) is 0 Å². The van der Waals surface area contributed by atoms with E-state index in [0.29, 0.717) is 18.5 Å². The zero-order valence-corrected chi connectivity index (χ0v) is 12.5. The van der Waals surface area contributed by atoms with Gasteiger partial charge in [-0.15, -0.1) is 0 Å². The second-order valence-electron chi connectivity index (χ2n) is 4.43. The molecule has 0 radical (unpaired) electrons. The number of hydrogen-bond donors (Lipinski definition) is 0. The van der Waals surface area contributed by atoms with Gasteiger partial charge in [0.05, 0.1) is 11.8 Å². The zero-order valence-electron chi connectivity index (χ0n) is 11.7. The van der Waals surface area contributed by atoms with E-state index in [1.807, 2.05) is 13.0 Å². The summed E-state index contributed by atoms with van der Waals surface area (Å²) >= 11 is 0. The Balaban J connectivity index is 2.97. The van der Waals surface area contributed by atoms with Crippen LogP contribution in [0, 0.1) is 0 Å². The van der Waals surface area contributed by atoms with E-state index in [1.54, 1.807) is 38.1 Å². The number of benzene rings is 1. The first kappa shape index (κ1) is 15.9. The van der Waals surface area contributed by atoms with Crippen LogP contribution in [0.4, 0.5) is 0 Å². The van der Waals surface area contributed by atoms with Crippen LogP contribution in [0.15, 0.2) is 30.3 Å². The third-order valence-electron chi connectivity index (χ3n) is 3.00. The molecule has 5 heteroatoms. The first-order valence-corrected chi connectivity index (χ1v) is 8.13. The summed E-state index contributed by atoms with van der Waals surface area (Å²) in [7, 11) is -3.36. The quantitative estimate of drug-likeness (QED) is 0.722. The molecule has 0 spiro atoms. The van der Waals surface area contributed by atoms with Crippen molar-refractivity contribution in [3.8, 4) is 0 Å². The molecule has 106 valence electrons. The fourth-order valence-corrected chi connectivity index (χ4v) is 3.78. The van der Waals surface area contributed by atoms with Gasteiger partial charge in [-0.05, 0) is 13.3 Å². The van der Waals surface area contributed by atoms with Crippen LogP contribution in [0.1, 0.15) is 37.6 Å². The van der Waals surface area contributed by atoms with Gasteiger partial charge in [0.15, 0.2) is 5.78 Å². The highest BCUT2D eigenvalue weighted by Gasteiger charge is 2.29. The summed E-state index contributed by atoms with van der Waals surface area (Å²) in [4.78, 5) is 12.3.